The van der Waals surface area contributed by atoms with Crippen LogP contribution in [0.1, 0.15) is 50.1 Å². The smallest absolute Gasteiger partial charge is 0.222 e. The molecule has 0 radical (unpaired) electrons. The minimum Gasteiger partial charge on any atom is -0.381 e. The van der Waals surface area contributed by atoms with Crippen molar-refractivity contribution in [1.29, 1.82) is 0 Å². The minimum absolute atomic E-state index is 0.349. The molecule has 0 N–H and O–H groups in total. The fourth-order valence-electron chi connectivity index (χ4n) is 4.26. The summed E-state index contributed by atoms with van der Waals surface area (Å²) in [6, 6.07) is 2.16. The maximum atomic E-state index is 11.7. The van der Waals surface area contributed by atoms with E-state index in [0.717, 1.165) is 82.5 Å². The lowest BCUT2D eigenvalue weighted by molar-refractivity contribution is -0.127. The minimum atomic E-state index is 0.349. The van der Waals surface area contributed by atoms with Gasteiger partial charge in [0.2, 0.25) is 5.91 Å². The van der Waals surface area contributed by atoms with E-state index in [4.69, 9.17) is 4.74 Å². The molecule has 25 heavy (non-hydrogen) atoms. The first kappa shape index (κ1) is 16.8. The van der Waals surface area contributed by atoms with Gasteiger partial charge >= 0.3 is 0 Å². The number of carbonyl (C=O) groups excluding carboxylic acids is 1. The van der Waals surface area contributed by atoms with Crippen LogP contribution in [0.25, 0.3) is 0 Å². The molecule has 3 saturated heterocycles. The molecule has 0 saturated carbocycles. The highest BCUT2D eigenvalue weighted by molar-refractivity contribution is 5.77. The highest BCUT2D eigenvalue weighted by atomic mass is 16.5. The van der Waals surface area contributed by atoms with Crippen LogP contribution in [0.4, 0.5) is 5.82 Å². The highest BCUT2D eigenvalue weighted by Gasteiger charge is 2.25. The molecule has 3 aliphatic rings. The summed E-state index contributed by atoms with van der Waals surface area (Å²) in [4.78, 5) is 25.1. The largest absolute Gasteiger partial charge is 0.381 e. The van der Waals surface area contributed by atoms with Gasteiger partial charge in [0, 0.05) is 51.2 Å². The molecule has 3 aliphatic heterocycles. The Morgan fingerprint density at radius 2 is 2.04 bits per heavy atom. The third-order valence-electron chi connectivity index (χ3n) is 5.94. The van der Waals surface area contributed by atoms with Crippen molar-refractivity contribution in [3.63, 3.8) is 0 Å². The average molecular weight is 344 g/mol. The number of ether oxygens (including phenoxy) is 1. The number of nitrogens with zero attached hydrogens (tertiary/aromatic N) is 4. The molecule has 1 aromatic rings. The summed E-state index contributed by atoms with van der Waals surface area (Å²) >= 11 is 0. The lowest BCUT2D eigenvalue weighted by Gasteiger charge is -2.33. The van der Waals surface area contributed by atoms with Crippen LogP contribution in [0.15, 0.2) is 12.4 Å². The monoisotopic (exact) mass is 344 g/mol. The van der Waals surface area contributed by atoms with Crippen LogP contribution in [0.2, 0.25) is 0 Å². The molecule has 4 rings (SSSR count). The van der Waals surface area contributed by atoms with Gasteiger partial charge in [-0.25, -0.2) is 9.97 Å². The van der Waals surface area contributed by atoms with Crippen molar-refractivity contribution in [1.82, 2.24) is 14.9 Å². The lowest BCUT2D eigenvalue weighted by atomic mass is 9.93. The van der Waals surface area contributed by atoms with E-state index >= 15 is 0 Å². The van der Waals surface area contributed by atoms with Crippen molar-refractivity contribution in [3.05, 3.63) is 18.1 Å². The van der Waals surface area contributed by atoms with Crippen LogP contribution < -0.4 is 4.90 Å². The van der Waals surface area contributed by atoms with Crippen molar-refractivity contribution >= 4 is 11.7 Å². The van der Waals surface area contributed by atoms with Crippen molar-refractivity contribution < 1.29 is 9.53 Å². The van der Waals surface area contributed by atoms with Gasteiger partial charge in [0.1, 0.15) is 12.1 Å². The SMILES string of the molecule is O=C1CCCN1CCC1CCN(c2cc(C3CCOC3)ncn2)CC1. The summed E-state index contributed by atoms with van der Waals surface area (Å²) in [5.41, 5.74) is 1.12. The molecule has 6 nitrogen and oxygen atoms in total. The van der Waals surface area contributed by atoms with E-state index in [0.29, 0.717) is 11.8 Å². The summed E-state index contributed by atoms with van der Waals surface area (Å²) < 4.78 is 5.49. The zero-order valence-electron chi connectivity index (χ0n) is 14.9. The summed E-state index contributed by atoms with van der Waals surface area (Å²) in [6.45, 7) is 5.64. The maximum Gasteiger partial charge on any atom is 0.222 e. The number of amides is 1. The van der Waals surface area contributed by atoms with Gasteiger partial charge in [-0.05, 0) is 38.0 Å². The van der Waals surface area contributed by atoms with Gasteiger partial charge in [-0.3, -0.25) is 4.79 Å². The Labute approximate surface area is 149 Å². The summed E-state index contributed by atoms with van der Waals surface area (Å²) in [7, 11) is 0. The second-order valence-electron chi connectivity index (χ2n) is 7.57. The zero-order chi connectivity index (χ0) is 17.1. The third-order valence-corrected chi connectivity index (χ3v) is 5.94. The van der Waals surface area contributed by atoms with Crippen LogP contribution in [0, 0.1) is 5.92 Å². The van der Waals surface area contributed by atoms with Gasteiger partial charge in [-0.2, -0.15) is 0 Å². The molecule has 0 aliphatic carbocycles. The van der Waals surface area contributed by atoms with E-state index < -0.39 is 0 Å². The molecule has 0 spiro atoms. The number of hydrogen-bond donors (Lipinski definition) is 0. The van der Waals surface area contributed by atoms with Gasteiger partial charge in [-0.1, -0.05) is 0 Å². The Hall–Kier alpha value is -1.69. The number of rotatable bonds is 5. The maximum absolute atomic E-state index is 11.7. The Kier molecular flexibility index (Phi) is 5.15. The van der Waals surface area contributed by atoms with Gasteiger partial charge in [0.25, 0.3) is 0 Å². The summed E-state index contributed by atoms with van der Waals surface area (Å²) in [5, 5.41) is 0. The summed E-state index contributed by atoms with van der Waals surface area (Å²) in [5.74, 6) is 2.57. The Morgan fingerprint density at radius 3 is 2.76 bits per heavy atom. The molecule has 3 fully saturated rings. The highest BCUT2D eigenvalue weighted by Crippen LogP contribution is 2.28. The van der Waals surface area contributed by atoms with Crippen LogP contribution >= 0.6 is 0 Å². The fraction of sp³-hybridized carbons (Fsp3) is 0.737. The molecule has 4 heterocycles. The fourth-order valence-corrected chi connectivity index (χ4v) is 4.26. The molecule has 136 valence electrons. The molecule has 0 bridgehead atoms. The Morgan fingerprint density at radius 1 is 1.16 bits per heavy atom. The predicted molar refractivity (Wildman–Crippen MR) is 95.6 cm³/mol. The molecule has 6 heteroatoms. The van der Waals surface area contributed by atoms with E-state index in [9.17, 15) is 4.79 Å². The number of likely N-dealkylation sites (tertiary alicyclic amines) is 1. The van der Waals surface area contributed by atoms with Gasteiger partial charge in [0.15, 0.2) is 0 Å². The van der Waals surface area contributed by atoms with E-state index in [1.165, 1.54) is 12.8 Å². The topological polar surface area (TPSA) is 58.6 Å². The number of piperidine rings is 1. The van der Waals surface area contributed by atoms with Crippen molar-refractivity contribution in [2.45, 2.75) is 44.4 Å². The number of aromatic nitrogens is 2. The third kappa shape index (κ3) is 3.94. The van der Waals surface area contributed by atoms with Crippen LogP contribution in [-0.4, -0.2) is 60.2 Å². The van der Waals surface area contributed by atoms with Crippen LogP contribution in [0.3, 0.4) is 0 Å². The average Bonchev–Trinajstić information content (AvgIpc) is 3.32. The Balaban J connectivity index is 1.28. The normalized spacial score (nSPS) is 25.1. The molecular formula is C19H28N4O2. The van der Waals surface area contributed by atoms with E-state index in [1.807, 2.05) is 4.90 Å². The summed E-state index contributed by atoms with van der Waals surface area (Å²) in [6.07, 6.45) is 8.08. The van der Waals surface area contributed by atoms with E-state index in [-0.39, 0.29) is 0 Å². The first-order valence-corrected chi connectivity index (χ1v) is 9.72. The number of anilines is 1. The van der Waals surface area contributed by atoms with Gasteiger partial charge in [-0.15, -0.1) is 0 Å². The van der Waals surface area contributed by atoms with Crippen molar-refractivity contribution in [2.75, 3.05) is 44.3 Å². The molecular weight excluding hydrogens is 316 g/mol. The second-order valence-corrected chi connectivity index (χ2v) is 7.57. The first-order chi connectivity index (χ1) is 12.3. The number of carbonyl (C=O) groups is 1. The van der Waals surface area contributed by atoms with Crippen molar-refractivity contribution in [2.24, 2.45) is 5.92 Å². The molecule has 1 aromatic heterocycles. The van der Waals surface area contributed by atoms with Crippen molar-refractivity contribution in [3.8, 4) is 0 Å². The van der Waals surface area contributed by atoms with E-state index in [2.05, 4.69) is 20.9 Å². The van der Waals surface area contributed by atoms with Gasteiger partial charge in [0.05, 0.1) is 12.3 Å². The van der Waals surface area contributed by atoms with Gasteiger partial charge < -0.3 is 14.5 Å². The van der Waals surface area contributed by atoms with Crippen LogP contribution in [-0.2, 0) is 9.53 Å². The standard InChI is InChI=1S/C19H28N4O2/c24-19-2-1-7-23(19)10-5-15-3-8-22(9-4-15)18-12-17(20-14-21-18)16-6-11-25-13-16/h12,14-16H,1-11,13H2. The quantitative estimate of drug-likeness (QED) is 0.820. The van der Waals surface area contributed by atoms with E-state index in [1.54, 1.807) is 6.33 Å². The molecule has 1 amide bonds. The molecule has 1 atom stereocenters. The zero-order valence-corrected chi connectivity index (χ0v) is 14.9. The Bertz CT molecular complexity index is 595. The first-order valence-electron chi connectivity index (χ1n) is 9.72. The molecule has 1 unspecified atom stereocenters. The molecule has 0 aromatic carbocycles. The van der Waals surface area contributed by atoms with Crippen LogP contribution in [0.5, 0.6) is 0 Å². The predicted octanol–water partition coefficient (Wildman–Crippen LogP) is 2.21. The second kappa shape index (κ2) is 7.68. The lowest BCUT2D eigenvalue weighted by Crippen LogP contribution is -2.36. The number of hydrogen-bond acceptors (Lipinski definition) is 5.